The van der Waals surface area contributed by atoms with Crippen LogP contribution in [-0.2, 0) is 0 Å². The molecule has 0 amide bonds. The van der Waals surface area contributed by atoms with Gasteiger partial charge in [-0.25, -0.2) is 0 Å². The van der Waals surface area contributed by atoms with E-state index < -0.39 is 0 Å². The third-order valence-electron chi connectivity index (χ3n) is 3.53. The summed E-state index contributed by atoms with van der Waals surface area (Å²) in [5.41, 5.74) is 5.33. The van der Waals surface area contributed by atoms with Gasteiger partial charge in [-0.15, -0.1) is 0 Å². The minimum absolute atomic E-state index is 1.12. The van der Waals surface area contributed by atoms with E-state index in [1.54, 1.807) is 0 Å². The highest BCUT2D eigenvalue weighted by Crippen LogP contribution is 2.49. The minimum Gasteiger partial charge on any atom is -0.0616 e. The van der Waals surface area contributed by atoms with E-state index in [1.165, 1.54) is 33.0 Å². The second-order valence-corrected chi connectivity index (χ2v) is 6.29. The van der Waals surface area contributed by atoms with Crippen molar-refractivity contribution in [1.82, 2.24) is 0 Å². The smallest absolute Gasteiger partial charge is 0.0254 e. The average molecular weight is 360 g/mol. The number of benzene rings is 3. The van der Waals surface area contributed by atoms with Gasteiger partial charge in [0.15, 0.2) is 0 Å². The summed E-state index contributed by atoms with van der Waals surface area (Å²) in [5, 5.41) is 2.63. The molecule has 0 bridgehead atoms. The Morgan fingerprint density at radius 3 is 2.17 bits per heavy atom. The monoisotopic (exact) mass is 358 g/mol. The van der Waals surface area contributed by atoms with Crippen molar-refractivity contribution < 1.29 is 0 Å². The van der Waals surface area contributed by atoms with Gasteiger partial charge in [0.2, 0.25) is 0 Å². The standard InChI is InChI=1S/C16H8Br2/c17-9-7-13-11-4-2-1-3-10(11)12-5-6-15(18)14(8-9)16(12)13/h1-8H. The van der Waals surface area contributed by atoms with Crippen LogP contribution in [0.1, 0.15) is 0 Å². The first kappa shape index (κ1) is 10.8. The third-order valence-corrected chi connectivity index (χ3v) is 4.68. The minimum atomic E-state index is 1.12. The molecule has 2 heteroatoms. The highest BCUT2D eigenvalue weighted by atomic mass is 79.9. The summed E-state index contributed by atoms with van der Waals surface area (Å²) < 4.78 is 2.27. The summed E-state index contributed by atoms with van der Waals surface area (Å²) in [4.78, 5) is 0. The van der Waals surface area contributed by atoms with Gasteiger partial charge in [0, 0.05) is 8.95 Å². The van der Waals surface area contributed by atoms with Gasteiger partial charge in [-0.1, -0.05) is 62.2 Å². The molecule has 0 fully saturated rings. The van der Waals surface area contributed by atoms with Crippen molar-refractivity contribution in [2.45, 2.75) is 0 Å². The van der Waals surface area contributed by atoms with Gasteiger partial charge >= 0.3 is 0 Å². The van der Waals surface area contributed by atoms with Crippen molar-refractivity contribution in [3.63, 3.8) is 0 Å². The largest absolute Gasteiger partial charge is 0.0616 e. The van der Waals surface area contributed by atoms with Crippen LogP contribution in [0.5, 0.6) is 0 Å². The topological polar surface area (TPSA) is 0 Å². The van der Waals surface area contributed by atoms with E-state index in [2.05, 4.69) is 80.4 Å². The Morgan fingerprint density at radius 2 is 1.39 bits per heavy atom. The normalized spacial score (nSPS) is 11.9. The SMILES string of the molecule is Brc1cc2c3c(ccc(Br)c3c1)-c1ccccc1-2. The zero-order valence-electron chi connectivity index (χ0n) is 9.37. The molecule has 0 aromatic heterocycles. The first-order valence-electron chi connectivity index (χ1n) is 5.77. The number of halogens is 2. The fourth-order valence-corrected chi connectivity index (χ4v) is 3.71. The van der Waals surface area contributed by atoms with Gasteiger partial charge < -0.3 is 0 Å². The van der Waals surface area contributed by atoms with Gasteiger partial charge in [0.1, 0.15) is 0 Å². The number of hydrogen-bond donors (Lipinski definition) is 0. The van der Waals surface area contributed by atoms with E-state index in [0.717, 1.165) is 8.95 Å². The van der Waals surface area contributed by atoms with Crippen molar-refractivity contribution in [1.29, 1.82) is 0 Å². The van der Waals surface area contributed by atoms with Crippen LogP contribution in [0.2, 0.25) is 0 Å². The maximum absolute atomic E-state index is 3.65. The molecule has 0 heterocycles. The number of rotatable bonds is 0. The van der Waals surface area contributed by atoms with Crippen LogP contribution in [-0.4, -0.2) is 0 Å². The maximum atomic E-state index is 3.65. The molecule has 0 unspecified atom stereocenters. The van der Waals surface area contributed by atoms with Crippen LogP contribution >= 0.6 is 31.9 Å². The van der Waals surface area contributed by atoms with Crippen molar-refractivity contribution in [3.8, 4) is 22.3 Å². The molecule has 0 saturated heterocycles. The molecule has 1 aliphatic rings. The first-order chi connectivity index (χ1) is 8.75. The Hall–Kier alpha value is -1.12. The molecule has 0 spiro atoms. The third kappa shape index (κ3) is 1.30. The quantitative estimate of drug-likeness (QED) is 0.360. The van der Waals surface area contributed by atoms with E-state index in [9.17, 15) is 0 Å². The summed E-state index contributed by atoms with van der Waals surface area (Å²) >= 11 is 7.26. The Balaban J connectivity index is 2.30. The first-order valence-corrected chi connectivity index (χ1v) is 7.36. The molecule has 0 saturated carbocycles. The van der Waals surface area contributed by atoms with Crippen molar-refractivity contribution in [2.24, 2.45) is 0 Å². The predicted octanol–water partition coefficient (Wildman–Crippen LogP) is 6.01. The zero-order valence-corrected chi connectivity index (χ0v) is 12.5. The molecule has 0 atom stereocenters. The Kier molecular flexibility index (Phi) is 2.21. The average Bonchev–Trinajstić information content (AvgIpc) is 2.69. The molecule has 3 aromatic rings. The molecule has 0 N–H and O–H groups in total. The van der Waals surface area contributed by atoms with Crippen molar-refractivity contribution >= 4 is 42.6 Å². The summed E-state index contributed by atoms with van der Waals surface area (Å²) in [7, 11) is 0. The summed E-state index contributed by atoms with van der Waals surface area (Å²) in [6.45, 7) is 0. The molecular weight excluding hydrogens is 352 g/mol. The van der Waals surface area contributed by atoms with Crippen molar-refractivity contribution in [3.05, 3.63) is 57.5 Å². The lowest BCUT2D eigenvalue weighted by atomic mass is 10.0. The van der Waals surface area contributed by atoms with E-state index in [4.69, 9.17) is 0 Å². The van der Waals surface area contributed by atoms with Crippen LogP contribution in [0.25, 0.3) is 33.0 Å². The Morgan fingerprint density at radius 1 is 0.667 bits per heavy atom. The molecule has 86 valence electrons. The molecular formula is C16H8Br2. The van der Waals surface area contributed by atoms with Gasteiger partial charge in [0.25, 0.3) is 0 Å². The Bertz CT molecular complexity index is 804. The summed E-state index contributed by atoms with van der Waals surface area (Å²) in [6.07, 6.45) is 0. The highest BCUT2D eigenvalue weighted by molar-refractivity contribution is 9.11. The van der Waals surface area contributed by atoms with E-state index in [-0.39, 0.29) is 0 Å². The summed E-state index contributed by atoms with van der Waals surface area (Å²) in [6, 6.07) is 17.3. The second kappa shape index (κ2) is 3.69. The van der Waals surface area contributed by atoms with Gasteiger partial charge in [0.05, 0.1) is 0 Å². The van der Waals surface area contributed by atoms with Crippen LogP contribution in [0.4, 0.5) is 0 Å². The molecule has 1 aliphatic carbocycles. The molecule has 4 rings (SSSR count). The van der Waals surface area contributed by atoms with Gasteiger partial charge in [-0.2, -0.15) is 0 Å². The number of fused-ring (bicyclic) bond motifs is 3. The second-order valence-electron chi connectivity index (χ2n) is 4.52. The van der Waals surface area contributed by atoms with E-state index in [0.29, 0.717) is 0 Å². The van der Waals surface area contributed by atoms with Crippen molar-refractivity contribution in [2.75, 3.05) is 0 Å². The molecule has 3 aromatic carbocycles. The molecule has 0 aliphatic heterocycles. The molecule has 0 radical (unpaired) electrons. The lowest BCUT2D eigenvalue weighted by Crippen LogP contribution is -1.78. The van der Waals surface area contributed by atoms with Gasteiger partial charge in [-0.05, 0) is 51.2 Å². The fraction of sp³-hybridized carbons (Fsp3) is 0. The Labute approximate surface area is 122 Å². The predicted molar refractivity (Wildman–Crippen MR) is 83.8 cm³/mol. The van der Waals surface area contributed by atoms with Crippen LogP contribution in [0, 0.1) is 0 Å². The van der Waals surface area contributed by atoms with Crippen LogP contribution < -0.4 is 0 Å². The van der Waals surface area contributed by atoms with E-state index >= 15 is 0 Å². The van der Waals surface area contributed by atoms with Crippen LogP contribution in [0.3, 0.4) is 0 Å². The molecule has 0 nitrogen and oxygen atoms in total. The van der Waals surface area contributed by atoms with Crippen LogP contribution in [0.15, 0.2) is 57.5 Å². The van der Waals surface area contributed by atoms with Gasteiger partial charge in [-0.3, -0.25) is 0 Å². The fourth-order valence-electron chi connectivity index (χ4n) is 2.80. The summed E-state index contributed by atoms with van der Waals surface area (Å²) in [5.74, 6) is 0. The lowest BCUT2D eigenvalue weighted by molar-refractivity contribution is 1.68. The lowest BCUT2D eigenvalue weighted by Gasteiger charge is -2.05. The maximum Gasteiger partial charge on any atom is 0.0254 e. The van der Waals surface area contributed by atoms with E-state index in [1.807, 2.05) is 0 Å². The highest BCUT2D eigenvalue weighted by Gasteiger charge is 2.21. The number of hydrogen-bond acceptors (Lipinski definition) is 0. The zero-order chi connectivity index (χ0) is 12.3. The molecule has 18 heavy (non-hydrogen) atoms.